The summed E-state index contributed by atoms with van der Waals surface area (Å²) in [5, 5.41) is 0. The van der Waals surface area contributed by atoms with Crippen LogP contribution < -0.4 is 4.72 Å². The van der Waals surface area contributed by atoms with Crippen molar-refractivity contribution >= 4 is 27.9 Å². The Morgan fingerprint density at radius 1 is 1.50 bits per heavy atom. The molecular formula is C7H8BrNS. The number of halogens is 1. The molecule has 0 radical (unpaired) electrons. The van der Waals surface area contributed by atoms with E-state index in [-0.39, 0.29) is 0 Å². The second kappa shape index (κ2) is 4.01. The molecular weight excluding hydrogens is 210 g/mol. The molecule has 0 bridgehead atoms. The average Bonchev–Trinajstić information content (AvgIpc) is 1.88. The number of benzene rings is 1. The summed E-state index contributed by atoms with van der Waals surface area (Å²) >= 11 is 5.00. The highest BCUT2D eigenvalue weighted by Crippen LogP contribution is 2.18. The zero-order valence-electron chi connectivity index (χ0n) is 5.60. The van der Waals surface area contributed by atoms with E-state index in [4.69, 9.17) is 0 Å². The fourth-order valence-electron chi connectivity index (χ4n) is 0.648. The van der Waals surface area contributed by atoms with E-state index < -0.39 is 0 Å². The van der Waals surface area contributed by atoms with Crippen LogP contribution in [0.3, 0.4) is 0 Å². The summed E-state index contributed by atoms with van der Waals surface area (Å²) in [6.07, 6.45) is 0. The predicted molar refractivity (Wildman–Crippen MR) is 49.1 cm³/mol. The summed E-state index contributed by atoms with van der Waals surface area (Å²) in [6.45, 7) is 0. The SMILES string of the molecule is CNSc1cccc(Br)c1. The molecule has 1 aromatic rings. The first-order valence-corrected chi connectivity index (χ1v) is 4.53. The molecule has 1 rings (SSSR count). The molecule has 0 heterocycles. The quantitative estimate of drug-likeness (QED) is 0.766. The van der Waals surface area contributed by atoms with Gasteiger partial charge in [0.2, 0.25) is 0 Å². The molecule has 1 nitrogen and oxygen atoms in total. The summed E-state index contributed by atoms with van der Waals surface area (Å²) < 4.78 is 4.13. The number of hydrogen-bond donors (Lipinski definition) is 1. The Bertz CT molecular complexity index is 215. The van der Waals surface area contributed by atoms with Crippen molar-refractivity contribution in [3.8, 4) is 0 Å². The topological polar surface area (TPSA) is 12.0 Å². The van der Waals surface area contributed by atoms with Gasteiger partial charge in [-0.2, -0.15) is 0 Å². The summed E-state index contributed by atoms with van der Waals surface area (Å²) in [4.78, 5) is 1.22. The second-order valence-corrected chi connectivity index (χ2v) is 3.76. The van der Waals surface area contributed by atoms with Crippen molar-refractivity contribution in [2.45, 2.75) is 4.90 Å². The summed E-state index contributed by atoms with van der Waals surface area (Å²) in [6, 6.07) is 8.16. The van der Waals surface area contributed by atoms with E-state index in [9.17, 15) is 0 Å². The molecule has 0 spiro atoms. The van der Waals surface area contributed by atoms with Crippen molar-refractivity contribution in [1.29, 1.82) is 0 Å². The van der Waals surface area contributed by atoms with Gasteiger partial charge in [0.25, 0.3) is 0 Å². The van der Waals surface area contributed by atoms with Crippen LogP contribution in [0.2, 0.25) is 0 Å². The lowest BCUT2D eigenvalue weighted by molar-refractivity contribution is 1.27. The third-order valence-electron chi connectivity index (χ3n) is 1.02. The number of rotatable bonds is 2. The van der Waals surface area contributed by atoms with Gasteiger partial charge < -0.3 is 0 Å². The standard InChI is InChI=1S/C7H8BrNS/c1-9-10-7-4-2-3-6(8)5-7/h2-5,9H,1H3. The van der Waals surface area contributed by atoms with Crippen molar-refractivity contribution in [2.24, 2.45) is 0 Å². The molecule has 0 aliphatic rings. The molecule has 0 fully saturated rings. The van der Waals surface area contributed by atoms with E-state index in [1.54, 1.807) is 11.9 Å². The molecule has 1 N–H and O–H groups in total. The first-order valence-electron chi connectivity index (χ1n) is 2.92. The van der Waals surface area contributed by atoms with E-state index in [2.05, 4.69) is 32.8 Å². The van der Waals surface area contributed by atoms with Gasteiger partial charge in [-0.05, 0) is 37.2 Å². The van der Waals surface area contributed by atoms with Gasteiger partial charge >= 0.3 is 0 Å². The Morgan fingerprint density at radius 3 is 2.90 bits per heavy atom. The van der Waals surface area contributed by atoms with Gasteiger partial charge in [-0.3, -0.25) is 4.72 Å². The molecule has 1 aromatic carbocycles. The zero-order valence-corrected chi connectivity index (χ0v) is 8.00. The zero-order chi connectivity index (χ0) is 7.40. The molecule has 3 heteroatoms. The van der Waals surface area contributed by atoms with Gasteiger partial charge in [-0.1, -0.05) is 22.0 Å². The Labute approximate surface area is 73.5 Å². The van der Waals surface area contributed by atoms with Crippen molar-refractivity contribution in [3.63, 3.8) is 0 Å². The fourth-order valence-corrected chi connectivity index (χ4v) is 1.77. The average molecular weight is 218 g/mol. The van der Waals surface area contributed by atoms with Crippen LogP contribution >= 0.6 is 27.9 Å². The van der Waals surface area contributed by atoms with Gasteiger partial charge in [0.15, 0.2) is 0 Å². The molecule has 0 aliphatic heterocycles. The highest BCUT2D eigenvalue weighted by Gasteiger charge is 1.90. The third-order valence-corrected chi connectivity index (χ3v) is 2.20. The molecule has 0 amide bonds. The van der Waals surface area contributed by atoms with Gasteiger partial charge in [-0.15, -0.1) is 0 Å². The highest BCUT2D eigenvalue weighted by molar-refractivity contribution is 9.10. The molecule has 0 saturated carbocycles. The molecule has 0 unspecified atom stereocenters. The molecule has 0 aliphatic carbocycles. The summed E-state index contributed by atoms with van der Waals surface area (Å²) in [5.41, 5.74) is 0. The summed E-state index contributed by atoms with van der Waals surface area (Å²) in [5.74, 6) is 0. The van der Waals surface area contributed by atoms with Crippen molar-refractivity contribution in [3.05, 3.63) is 28.7 Å². The lowest BCUT2D eigenvalue weighted by atomic mass is 10.4. The first-order chi connectivity index (χ1) is 4.83. The maximum atomic E-state index is 3.39. The van der Waals surface area contributed by atoms with Crippen LogP contribution in [0.4, 0.5) is 0 Å². The van der Waals surface area contributed by atoms with Crippen LogP contribution in [0.25, 0.3) is 0 Å². The van der Waals surface area contributed by atoms with E-state index in [0.29, 0.717) is 0 Å². The molecule has 54 valence electrons. The van der Waals surface area contributed by atoms with Gasteiger partial charge in [-0.25, -0.2) is 0 Å². The summed E-state index contributed by atoms with van der Waals surface area (Å²) in [7, 11) is 1.91. The van der Waals surface area contributed by atoms with E-state index in [1.807, 2.05) is 19.2 Å². The lowest BCUT2D eigenvalue weighted by Crippen LogP contribution is -1.89. The van der Waals surface area contributed by atoms with Gasteiger partial charge in [0, 0.05) is 9.37 Å². The second-order valence-electron chi connectivity index (χ2n) is 1.76. The molecule has 0 saturated heterocycles. The van der Waals surface area contributed by atoms with Crippen molar-refractivity contribution in [2.75, 3.05) is 7.05 Å². The smallest absolute Gasteiger partial charge is 0.0239 e. The molecule has 0 aromatic heterocycles. The lowest BCUT2D eigenvalue weighted by Gasteiger charge is -1.97. The monoisotopic (exact) mass is 217 g/mol. The Morgan fingerprint density at radius 2 is 2.30 bits per heavy atom. The van der Waals surface area contributed by atoms with Crippen LogP contribution in [0.1, 0.15) is 0 Å². The maximum absolute atomic E-state index is 3.39. The van der Waals surface area contributed by atoms with Gasteiger partial charge in [0.05, 0.1) is 0 Å². The largest absolute Gasteiger partial charge is 0.263 e. The minimum absolute atomic E-state index is 1.12. The van der Waals surface area contributed by atoms with E-state index in [1.165, 1.54) is 4.90 Å². The Hall–Kier alpha value is 0.01000. The van der Waals surface area contributed by atoms with Crippen LogP contribution in [-0.4, -0.2) is 7.05 Å². The predicted octanol–water partition coefficient (Wildman–Crippen LogP) is 2.68. The maximum Gasteiger partial charge on any atom is 0.0239 e. The molecule has 10 heavy (non-hydrogen) atoms. The van der Waals surface area contributed by atoms with E-state index >= 15 is 0 Å². The van der Waals surface area contributed by atoms with Gasteiger partial charge in [0.1, 0.15) is 0 Å². The van der Waals surface area contributed by atoms with Crippen LogP contribution in [0.5, 0.6) is 0 Å². The minimum atomic E-state index is 1.12. The number of hydrogen-bond acceptors (Lipinski definition) is 2. The van der Waals surface area contributed by atoms with E-state index in [0.717, 1.165) is 4.47 Å². The normalized spacial score (nSPS) is 9.80. The number of nitrogens with one attached hydrogen (secondary N) is 1. The van der Waals surface area contributed by atoms with Crippen LogP contribution in [0, 0.1) is 0 Å². The van der Waals surface area contributed by atoms with Crippen LogP contribution in [-0.2, 0) is 0 Å². The molecule has 0 atom stereocenters. The first kappa shape index (κ1) is 8.11. The van der Waals surface area contributed by atoms with Crippen molar-refractivity contribution < 1.29 is 0 Å². The van der Waals surface area contributed by atoms with Crippen LogP contribution in [0.15, 0.2) is 33.6 Å². The Kier molecular flexibility index (Phi) is 3.25. The van der Waals surface area contributed by atoms with Crippen molar-refractivity contribution in [1.82, 2.24) is 4.72 Å². The minimum Gasteiger partial charge on any atom is -0.263 e. The Balaban J connectivity index is 2.75. The third kappa shape index (κ3) is 2.33. The highest BCUT2D eigenvalue weighted by atomic mass is 79.9. The fraction of sp³-hybridized carbons (Fsp3) is 0.143.